The lowest BCUT2D eigenvalue weighted by Crippen LogP contribution is -2.44. The minimum Gasteiger partial charge on any atom is -0.355 e. The zero-order valence-corrected chi connectivity index (χ0v) is 11.9. The van der Waals surface area contributed by atoms with Crippen LogP contribution in [0.25, 0.3) is 0 Å². The third kappa shape index (κ3) is 4.63. The molecule has 0 bridgehead atoms. The topological polar surface area (TPSA) is 78.5 Å². The number of nitrogens with zero attached hydrogens (tertiary/aromatic N) is 1. The number of likely N-dealkylation sites (tertiary alicyclic amines) is 1. The predicted octanol–water partition coefficient (Wildman–Crippen LogP) is -0.114. The standard InChI is InChI=1S/C13H23N3O3/c1-4-5-16-12(18)6-10(13(16)19)14-8-11(17)15-7-9(2)3/h9-10,14H,4-8H2,1-3H3,(H,15,17). The Morgan fingerprint density at radius 2 is 2.11 bits per heavy atom. The number of imide groups is 1. The Kier molecular flexibility index (Phi) is 5.95. The van der Waals surface area contributed by atoms with Crippen molar-refractivity contribution in [1.29, 1.82) is 0 Å². The van der Waals surface area contributed by atoms with Crippen LogP contribution in [-0.2, 0) is 14.4 Å². The summed E-state index contributed by atoms with van der Waals surface area (Å²) in [6.45, 7) is 7.07. The lowest BCUT2D eigenvalue weighted by atomic mass is 10.2. The van der Waals surface area contributed by atoms with E-state index in [0.29, 0.717) is 19.0 Å². The van der Waals surface area contributed by atoms with Crippen molar-refractivity contribution in [2.45, 2.75) is 39.7 Å². The van der Waals surface area contributed by atoms with Gasteiger partial charge < -0.3 is 5.32 Å². The Hall–Kier alpha value is -1.43. The van der Waals surface area contributed by atoms with Gasteiger partial charge in [-0.25, -0.2) is 0 Å². The number of amides is 3. The van der Waals surface area contributed by atoms with Gasteiger partial charge in [0.2, 0.25) is 17.7 Å². The van der Waals surface area contributed by atoms with E-state index in [-0.39, 0.29) is 30.7 Å². The van der Waals surface area contributed by atoms with E-state index in [1.54, 1.807) is 0 Å². The number of nitrogens with one attached hydrogen (secondary N) is 2. The largest absolute Gasteiger partial charge is 0.355 e. The highest BCUT2D eigenvalue weighted by Gasteiger charge is 2.37. The maximum atomic E-state index is 11.9. The minimum atomic E-state index is -0.552. The van der Waals surface area contributed by atoms with Gasteiger partial charge >= 0.3 is 0 Å². The van der Waals surface area contributed by atoms with E-state index in [1.165, 1.54) is 4.90 Å². The van der Waals surface area contributed by atoms with Gasteiger partial charge in [-0.3, -0.25) is 24.6 Å². The van der Waals surface area contributed by atoms with E-state index in [9.17, 15) is 14.4 Å². The van der Waals surface area contributed by atoms with Crippen molar-refractivity contribution < 1.29 is 14.4 Å². The summed E-state index contributed by atoms with van der Waals surface area (Å²) in [7, 11) is 0. The quantitative estimate of drug-likeness (QED) is 0.632. The van der Waals surface area contributed by atoms with Crippen LogP contribution >= 0.6 is 0 Å². The van der Waals surface area contributed by atoms with Gasteiger partial charge in [-0.15, -0.1) is 0 Å². The molecule has 0 aromatic heterocycles. The molecule has 6 nitrogen and oxygen atoms in total. The smallest absolute Gasteiger partial charge is 0.246 e. The molecular weight excluding hydrogens is 246 g/mol. The molecule has 1 aliphatic heterocycles. The Balaban J connectivity index is 2.36. The summed E-state index contributed by atoms with van der Waals surface area (Å²) in [5.74, 6) is -0.142. The maximum absolute atomic E-state index is 11.9. The summed E-state index contributed by atoms with van der Waals surface area (Å²) in [5.41, 5.74) is 0. The van der Waals surface area contributed by atoms with Gasteiger partial charge in [0.25, 0.3) is 0 Å². The molecule has 1 atom stereocenters. The highest BCUT2D eigenvalue weighted by atomic mass is 16.2. The Bertz CT molecular complexity index is 355. The summed E-state index contributed by atoms with van der Waals surface area (Å²) < 4.78 is 0. The number of hydrogen-bond acceptors (Lipinski definition) is 4. The number of rotatable bonds is 7. The lowest BCUT2D eigenvalue weighted by molar-refractivity contribution is -0.138. The van der Waals surface area contributed by atoms with Gasteiger partial charge in [0, 0.05) is 13.1 Å². The molecule has 2 N–H and O–H groups in total. The van der Waals surface area contributed by atoms with Gasteiger partial charge in [0.15, 0.2) is 0 Å². The summed E-state index contributed by atoms with van der Waals surface area (Å²) in [6, 6.07) is -0.552. The van der Waals surface area contributed by atoms with E-state index < -0.39 is 6.04 Å². The Morgan fingerprint density at radius 1 is 1.42 bits per heavy atom. The van der Waals surface area contributed by atoms with Crippen molar-refractivity contribution in [1.82, 2.24) is 15.5 Å². The molecule has 1 rings (SSSR count). The molecule has 0 aromatic rings. The molecule has 0 spiro atoms. The fraction of sp³-hybridized carbons (Fsp3) is 0.769. The molecule has 0 aliphatic carbocycles. The first kappa shape index (κ1) is 15.6. The summed E-state index contributed by atoms with van der Waals surface area (Å²) in [5, 5.41) is 5.61. The number of hydrogen-bond donors (Lipinski definition) is 2. The Morgan fingerprint density at radius 3 is 2.68 bits per heavy atom. The molecule has 6 heteroatoms. The summed E-state index contributed by atoms with van der Waals surface area (Å²) in [4.78, 5) is 36.3. The molecule has 108 valence electrons. The van der Waals surface area contributed by atoms with Crippen LogP contribution in [0, 0.1) is 5.92 Å². The van der Waals surface area contributed by atoms with E-state index >= 15 is 0 Å². The third-order valence-corrected chi connectivity index (χ3v) is 2.91. The monoisotopic (exact) mass is 269 g/mol. The van der Waals surface area contributed by atoms with Gasteiger partial charge in [-0.2, -0.15) is 0 Å². The fourth-order valence-electron chi connectivity index (χ4n) is 1.90. The lowest BCUT2D eigenvalue weighted by Gasteiger charge is -2.14. The zero-order valence-electron chi connectivity index (χ0n) is 11.9. The van der Waals surface area contributed by atoms with Crippen LogP contribution in [0.15, 0.2) is 0 Å². The van der Waals surface area contributed by atoms with Crippen molar-refractivity contribution in [3.05, 3.63) is 0 Å². The highest BCUT2D eigenvalue weighted by Crippen LogP contribution is 2.13. The molecule has 1 heterocycles. The van der Waals surface area contributed by atoms with Gasteiger partial charge in [0.05, 0.1) is 19.0 Å². The average molecular weight is 269 g/mol. The van der Waals surface area contributed by atoms with Crippen molar-refractivity contribution in [2.24, 2.45) is 5.92 Å². The molecule has 3 amide bonds. The van der Waals surface area contributed by atoms with Gasteiger partial charge in [-0.1, -0.05) is 20.8 Å². The zero-order chi connectivity index (χ0) is 14.4. The predicted molar refractivity (Wildman–Crippen MR) is 71.3 cm³/mol. The van der Waals surface area contributed by atoms with Crippen LogP contribution in [0.4, 0.5) is 0 Å². The number of carbonyl (C=O) groups excluding carboxylic acids is 3. The normalized spacial score (nSPS) is 19.4. The molecular formula is C13H23N3O3. The number of carbonyl (C=O) groups is 3. The molecule has 0 aromatic carbocycles. The van der Waals surface area contributed by atoms with E-state index in [1.807, 2.05) is 20.8 Å². The first-order chi connectivity index (χ1) is 8.95. The molecule has 19 heavy (non-hydrogen) atoms. The van der Waals surface area contributed by atoms with E-state index in [4.69, 9.17) is 0 Å². The van der Waals surface area contributed by atoms with Crippen LogP contribution in [0.5, 0.6) is 0 Å². The van der Waals surface area contributed by atoms with E-state index in [2.05, 4.69) is 10.6 Å². The SMILES string of the molecule is CCCN1C(=O)CC(NCC(=O)NCC(C)C)C1=O. The second kappa shape index (κ2) is 7.23. The van der Waals surface area contributed by atoms with Crippen molar-refractivity contribution in [2.75, 3.05) is 19.6 Å². The summed E-state index contributed by atoms with van der Waals surface area (Å²) >= 11 is 0. The second-order valence-electron chi connectivity index (χ2n) is 5.22. The second-order valence-corrected chi connectivity index (χ2v) is 5.22. The molecule has 1 aliphatic rings. The molecule has 0 saturated carbocycles. The van der Waals surface area contributed by atoms with Crippen LogP contribution in [-0.4, -0.2) is 48.3 Å². The van der Waals surface area contributed by atoms with E-state index in [0.717, 1.165) is 6.42 Å². The minimum absolute atomic E-state index is 0.0658. The molecule has 1 saturated heterocycles. The molecule has 0 radical (unpaired) electrons. The van der Waals surface area contributed by atoms with Crippen LogP contribution in [0.2, 0.25) is 0 Å². The van der Waals surface area contributed by atoms with Crippen LogP contribution < -0.4 is 10.6 Å². The average Bonchev–Trinajstić information content (AvgIpc) is 2.62. The fourth-order valence-corrected chi connectivity index (χ4v) is 1.90. The van der Waals surface area contributed by atoms with Gasteiger partial charge in [0.1, 0.15) is 0 Å². The summed E-state index contributed by atoms with van der Waals surface area (Å²) in [6.07, 6.45) is 0.898. The molecule has 1 unspecified atom stereocenters. The van der Waals surface area contributed by atoms with Crippen molar-refractivity contribution >= 4 is 17.7 Å². The van der Waals surface area contributed by atoms with Gasteiger partial charge in [-0.05, 0) is 12.3 Å². The third-order valence-electron chi connectivity index (χ3n) is 2.91. The van der Waals surface area contributed by atoms with Crippen LogP contribution in [0.1, 0.15) is 33.6 Å². The Labute approximate surface area is 113 Å². The van der Waals surface area contributed by atoms with Crippen LogP contribution in [0.3, 0.4) is 0 Å². The first-order valence-corrected chi connectivity index (χ1v) is 6.80. The molecule has 1 fully saturated rings. The first-order valence-electron chi connectivity index (χ1n) is 6.80. The maximum Gasteiger partial charge on any atom is 0.246 e. The highest BCUT2D eigenvalue weighted by molar-refractivity contribution is 6.05. The van der Waals surface area contributed by atoms with Crippen molar-refractivity contribution in [3.8, 4) is 0 Å². The van der Waals surface area contributed by atoms with Crippen molar-refractivity contribution in [3.63, 3.8) is 0 Å².